The zero-order chi connectivity index (χ0) is 13.3. The third kappa shape index (κ3) is 10.7. The van der Waals surface area contributed by atoms with E-state index in [4.69, 9.17) is 10.5 Å². The topological polar surface area (TPSA) is 38.5 Å². The Kier molecular flexibility index (Phi) is 8.83. The number of hydrogen-bond donors (Lipinski definition) is 1. The highest BCUT2D eigenvalue weighted by Gasteiger charge is 2.16. The lowest BCUT2D eigenvalue weighted by Gasteiger charge is -2.26. The zero-order valence-electron chi connectivity index (χ0n) is 12.5. The van der Waals surface area contributed by atoms with Gasteiger partial charge in [0.25, 0.3) is 0 Å². The third-order valence-electron chi connectivity index (χ3n) is 2.89. The summed E-state index contributed by atoms with van der Waals surface area (Å²) in [6.07, 6.45) is 2.17. The molecule has 0 heterocycles. The fourth-order valence-electron chi connectivity index (χ4n) is 2.00. The molecule has 2 N–H and O–H groups in total. The first kappa shape index (κ1) is 16.9. The van der Waals surface area contributed by atoms with E-state index >= 15 is 0 Å². The SMILES string of the molecule is CCOCCN(CC)CCC(N)CC(C)(C)C. The second-order valence-electron chi connectivity index (χ2n) is 5.94. The molecule has 0 saturated heterocycles. The van der Waals surface area contributed by atoms with Crippen LogP contribution in [0.3, 0.4) is 0 Å². The Morgan fingerprint density at radius 3 is 2.29 bits per heavy atom. The summed E-state index contributed by atoms with van der Waals surface area (Å²) in [7, 11) is 0. The van der Waals surface area contributed by atoms with Crippen LogP contribution in [0.2, 0.25) is 0 Å². The van der Waals surface area contributed by atoms with Crippen LogP contribution in [0.5, 0.6) is 0 Å². The molecule has 0 amide bonds. The van der Waals surface area contributed by atoms with Crippen LogP contribution >= 0.6 is 0 Å². The summed E-state index contributed by atoms with van der Waals surface area (Å²) in [6, 6.07) is 0.316. The van der Waals surface area contributed by atoms with Gasteiger partial charge in [0.1, 0.15) is 0 Å². The molecule has 0 aromatic rings. The standard InChI is InChI=1S/C14H32N2O/c1-6-16(10-11-17-7-2)9-8-13(15)12-14(3,4)5/h13H,6-12,15H2,1-5H3. The normalized spacial score (nSPS) is 14.3. The van der Waals surface area contributed by atoms with Gasteiger partial charge in [0, 0.05) is 19.2 Å². The molecular weight excluding hydrogens is 212 g/mol. The van der Waals surface area contributed by atoms with Gasteiger partial charge in [-0.1, -0.05) is 27.7 Å². The molecule has 0 radical (unpaired) electrons. The lowest BCUT2D eigenvalue weighted by atomic mass is 9.87. The predicted octanol–water partition coefficient (Wildman–Crippen LogP) is 2.50. The first-order valence-corrected chi connectivity index (χ1v) is 6.94. The first-order valence-electron chi connectivity index (χ1n) is 6.94. The first-order chi connectivity index (χ1) is 7.89. The van der Waals surface area contributed by atoms with Gasteiger partial charge in [-0.05, 0) is 38.3 Å². The Bertz CT molecular complexity index is 178. The van der Waals surface area contributed by atoms with Crippen LogP contribution in [0.25, 0.3) is 0 Å². The maximum absolute atomic E-state index is 6.16. The number of ether oxygens (including phenoxy) is 1. The number of nitrogens with two attached hydrogens (primary N) is 1. The molecule has 0 aromatic carbocycles. The summed E-state index contributed by atoms with van der Waals surface area (Å²) >= 11 is 0. The molecule has 3 nitrogen and oxygen atoms in total. The van der Waals surface area contributed by atoms with Crippen LogP contribution in [0, 0.1) is 5.41 Å². The number of likely N-dealkylation sites (N-methyl/N-ethyl adjacent to an activating group) is 1. The summed E-state index contributed by atoms with van der Waals surface area (Å²) in [6.45, 7) is 15.8. The van der Waals surface area contributed by atoms with E-state index in [0.717, 1.165) is 45.7 Å². The molecule has 1 unspecified atom stereocenters. The van der Waals surface area contributed by atoms with Crippen molar-refractivity contribution >= 4 is 0 Å². The van der Waals surface area contributed by atoms with Gasteiger partial charge in [0.15, 0.2) is 0 Å². The monoisotopic (exact) mass is 244 g/mol. The Balaban J connectivity index is 3.74. The van der Waals surface area contributed by atoms with Gasteiger partial charge in [0.05, 0.1) is 6.61 Å². The maximum Gasteiger partial charge on any atom is 0.0593 e. The van der Waals surface area contributed by atoms with Crippen molar-refractivity contribution in [2.75, 3.05) is 32.8 Å². The van der Waals surface area contributed by atoms with Gasteiger partial charge in [-0.25, -0.2) is 0 Å². The molecule has 0 saturated carbocycles. The van der Waals surface area contributed by atoms with Crippen LogP contribution in [0.1, 0.15) is 47.5 Å². The van der Waals surface area contributed by atoms with E-state index in [1.54, 1.807) is 0 Å². The largest absolute Gasteiger partial charge is 0.380 e. The third-order valence-corrected chi connectivity index (χ3v) is 2.89. The molecule has 0 aromatic heterocycles. The molecule has 0 bridgehead atoms. The lowest BCUT2D eigenvalue weighted by Crippen LogP contribution is -2.34. The highest BCUT2D eigenvalue weighted by Crippen LogP contribution is 2.21. The summed E-state index contributed by atoms with van der Waals surface area (Å²) in [5, 5.41) is 0. The van der Waals surface area contributed by atoms with E-state index in [0.29, 0.717) is 11.5 Å². The van der Waals surface area contributed by atoms with E-state index in [2.05, 4.69) is 32.6 Å². The second kappa shape index (κ2) is 8.90. The van der Waals surface area contributed by atoms with Gasteiger partial charge in [-0.3, -0.25) is 0 Å². The minimum atomic E-state index is 0.316. The molecule has 0 fully saturated rings. The highest BCUT2D eigenvalue weighted by atomic mass is 16.5. The molecule has 0 aliphatic heterocycles. The summed E-state index contributed by atoms with van der Waals surface area (Å²) in [4.78, 5) is 2.41. The highest BCUT2D eigenvalue weighted by molar-refractivity contribution is 4.72. The van der Waals surface area contributed by atoms with Crippen LogP contribution < -0.4 is 5.73 Å². The average molecular weight is 244 g/mol. The molecular formula is C14H32N2O. The van der Waals surface area contributed by atoms with Gasteiger partial charge in [0.2, 0.25) is 0 Å². The van der Waals surface area contributed by atoms with Crippen LogP contribution in [0.15, 0.2) is 0 Å². The number of rotatable bonds is 9. The summed E-state index contributed by atoms with van der Waals surface area (Å²) in [5.41, 5.74) is 6.49. The molecule has 0 aliphatic rings. The number of nitrogens with zero attached hydrogens (tertiary/aromatic N) is 1. The van der Waals surface area contributed by atoms with E-state index in [9.17, 15) is 0 Å². The van der Waals surface area contributed by atoms with Crippen molar-refractivity contribution in [1.82, 2.24) is 4.90 Å². The molecule has 0 aliphatic carbocycles. The van der Waals surface area contributed by atoms with E-state index in [1.165, 1.54) is 0 Å². The molecule has 1 atom stereocenters. The van der Waals surface area contributed by atoms with Crippen molar-refractivity contribution < 1.29 is 4.74 Å². The maximum atomic E-state index is 6.16. The average Bonchev–Trinajstić information content (AvgIpc) is 2.20. The predicted molar refractivity (Wildman–Crippen MR) is 75.3 cm³/mol. The molecule has 0 rings (SSSR count). The van der Waals surface area contributed by atoms with Gasteiger partial charge in [-0.2, -0.15) is 0 Å². The molecule has 0 spiro atoms. The van der Waals surface area contributed by atoms with E-state index < -0.39 is 0 Å². The number of hydrogen-bond acceptors (Lipinski definition) is 3. The van der Waals surface area contributed by atoms with Crippen molar-refractivity contribution in [2.45, 2.75) is 53.5 Å². The van der Waals surface area contributed by atoms with Crippen LogP contribution in [-0.4, -0.2) is 43.8 Å². The van der Waals surface area contributed by atoms with E-state index in [1.807, 2.05) is 6.92 Å². The van der Waals surface area contributed by atoms with Gasteiger partial charge in [-0.15, -0.1) is 0 Å². The van der Waals surface area contributed by atoms with Crippen molar-refractivity contribution in [3.05, 3.63) is 0 Å². The van der Waals surface area contributed by atoms with Gasteiger partial charge < -0.3 is 15.4 Å². The van der Waals surface area contributed by atoms with Crippen molar-refractivity contribution in [1.29, 1.82) is 0 Å². The van der Waals surface area contributed by atoms with Crippen LogP contribution in [-0.2, 0) is 4.74 Å². The van der Waals surface area contributed by atoms with Crippen molar-refractivity contribution in [3.63, 3.8) is 0 Å². The second-order valence-corrected chi connectivity index (χ2v) is 5.94. The van der Waals surface area contributed by atoms with Gasteiger partial charge >= 0.3 is 0 Å². The van der Waals surface area contributed by atoms with E-state index in [-0.39, 0.29) is 0 Å². The quantitative estimate of drug-likeness (QED) is 0.633. The Hall–Kier alpha value is -0.120. The van der Waals surface area contributed by atoms with Crippen molar-refractivity contribution in [2.24, 2.45) is 11.1 Å². The Morgan fingerprint density at radius 1 is 1.18 bits per heavy atom. The minimum Gasteiger partial charge on any atom is -0.380 e. The summed E-state index contributed by atoms with van der Waals surface area (Å²) < 4.78 is 5.38. The Morgan fingerprint density at radius 2 is 1.82 bits per heavy atom. The van der Waals surface area contributed by atoms with Crippen LogP contribution in [0.4, 0.5) is 0 Å². The minimum absolute atomic E-state index is 0.316. The van der Waals surface area contributed by atoms with Crippen molar-refractivity contribution in [3.8, 4) is 0 Å². The summed E-state index contributed by atoms with van der Waals surface area (Å²) in [5.74, 6) is 0. The fraction of sp³-hybridized carbons (Fsp3) is 1.00. The smallest absolute Gasteiger partial charge is 0.0593 e. The fourth-order valence-corrected chi connectivity index (χ4v) is 2.00. The molecule has 104 valence electrons. The lowest BCUT2D eigenvalue weighted by molar-refractivity contribution is 0.113. The zero-order valence-corrected chi connectivity index (χ0v) is 12.5. The Labute approximate surface area is 108 Å². The molecule has 17 heavy (non-hydrogen) atoms. The molecule has 3 heteroatoms.